The number of carboxylic acids is 1. The molecule has 1 aromatic carbocycles. The molecule has 1 aliphatic heterocycles. The molecular formula is C16H22N2O3. The van der Waals surface area contributed by atoms with Crippen molar-refractivity contribution in [2.24, 2.45) is 5.92 Å². The number of aliphatic carboxylic acids is 1. The second-order valence-corrected chi connectivity index (χ2v) is 5.50. The molecule has 1 amide bonds. The lowest BCUT2D eigenvalue weighted by atomic mass is 9.90. The largest absolute Gasteiger partial charge is 0.479 e. The van der Waals surface area contributed by atoms with Crippen LogP contribution in [0.2, 0.25) is 0 Å². The zero-order valence-electron chi connectivity index (χ0n) is 12.2. The van der Waals surface area contributed by atoms with Crippen molar-refractivity contribution >= 4 is 11.9 Å². The molecule has 0 saturated carbocycles. The fourth-order valence-electron chi connectivity index (χ4n) is 2.74. The molecule has 114 valence electrons. The molecule has 0 spiro atoms. The van der Waals surface area contributed by atoms with Crippen LogP contribution >= 0.6 is 0 Å². The third-order valence-corrected chi connectivity index (χ3v) is 4.07. The highest BCUT2D eigenvalue weighted by Gasteiger charge is 2.29. The minimum atomic E-state index is -1.04. The van der Waals surface area contributed by atoms with E-state index in [1.807, 2.05) is 6.07 Å². The quantitative estimate of drug-likeness (QED) is 0.771. The number of carbonyl (C=O) groups is 2. The molecule has 5 nitrogen and oxygen atoms in total. The van der Waals surface area contributed by atoms with Crippen LogP contribution in [-0.4, -0.2) is 29.6 Å². The fraction of sp³-hybridized carbons (Fsp3) is 0.500. The molecule has 2 unspecified atom stereocenters. The first-order valence-corrected chi connectivity index (χ1v) is 7.43. The predicted octanol–water partition coefficient (Wildman–Crippen LogP) is 1.71. The van der Waals surface area contributed by atoms with Crippen LogP contribution in [0.3, 0.4) is 0 Å². The molecule has 1 fully saturated rings. The van der Waals surface area contributed by atoms with Gasteiger partial charge in [-0.05, 0) is 30.9 Å². The van der Waals surface area contributed by atoms with Gasteiger partial charge in [0, 0.05) is 0 Å². The molecule has 2 rings (SSSR count). The molecule has 3 atom stereocenters. The van der Waals surface area contributed by atoms with Gasteiger partial charge in [-0.1, -0.05) is 43.7 Å². The Labute approximate surface area is 124 Å². The Morgan fingerprint density at radius 3 is 2.71 bits per heavy atom. The van der Waals surface area contributed by atoms with Crippen molar-refractivity contribution in [3.8, 4) is 0 Å². The maximum Gasteiger partial charge on any atom is 0.330 e. The summed E-state index contributed by atoms with van der Waals surface area (Å²) in [5.74, 6) is -0.746. The Bertz CT molecular complexity index is 490. The summed E-state index contributed by atoms with van der Waals surface area (Å²) in [4.78, 5) is 23.7. The van der Waals surface area contributed by atoms with Crippen molar-refractivity contribution in [3.05, 3.63) is 35.9 Å². The SMILES string of the molecule is CCC1CCNC(C(=O)N[C@@H](C(=O)O)c2ccccc2)C1. The predicted molar refractivity (Wildman–Crippen MR) is 79.8 cm³/mol. The second-order valence-electron chi connectivity index (χ2n) is 5.50. The number of amides is 1. The Kier molecular flexibility index (Phi) is 5.33. The zero-order valence-corrected chi connectivity index (χ0v) is 12.2. The number of benzene rings is 1. The molecular weight excluding hydrogens is 268 g/mol. The van der Waals surface area contributed by atoms with Crippen LogP contribution in [0, 0.1) is 5.92 Å². The van der Waals surface area contributed by atoms with E-state index in [1.54, 1.807) is 24.3 Å². The van der Waals surface area contributed by atoms with Gasteiger partial charge in [0.1, 0.15) is 0 Å². The van der Waals surface area contributed by atoms with Crippen LogP contribution in [0.4, 0.5) is 0 Å². The molecule has 0 aliphatic carbocycles. The maximum absolute atomic E-state index is 12.3. The zero-order chi connectivity index (χ0) is 15.2. The number of hydrogen-bond donors (Lipinski definition) is 3. The molecule has 0 radical (unpaired) electrons. The third kappa shape index (κ3) is 4.04. The van der Waals surface area contributed by atoms with Crippen LogP contribution in [0.25, 0.3) is 0 Å². The molecule has 0 bridgehead atoms. The van der Waals surface area contributed by atoms with Gasteiger partial charge in [0.15, 0.2) is 6.04 Å². The summed E-state index contributed by atoms with van der Waals surface area (Å²) in [7, 11) is 0. The van der Waals surface area contributed by atoms with Crippen molar-refractivity contribution < 1.29 is 14.7 Å². The number of hydrogen-bond acceptors (Lipinski definition) is 3. The lowest BCUT2D eigenvalue weighted by Gasteiger charge is -2.29. The molecule has 21 heavy (non-hydrogen) atoms. The van der Waals surface area contributed by atoms with Crippen LogP contribution in [-0.2, 0) is 9.59 Å². The minimum absolute atomic E-state index is 0.232. The summed E-state index contributed by atoms with van der Waals surface area (Å²) >= 11 is 0. The van der Waals surface area contributed by atoms with Crippen molar-refractivity contribution in [1.29, 1.82) is 0 Å². The van der Waals surface area contributed by atoms with Crippen LogP contribution < -0.4 is 10.6 Å². The average molecular weight is 290 g/mol. The molecule has 5 heteroatoms. The van der Waals surface area contributed by atoms with Crippen molar-refractivity contribution in [2.75, 3.05) is 6.54 Å². The summed E-state index contributed by atoms with van der Waals surface area (Å²) in [5, 5.41) is 15.2. The average Bonchev–Trinajstić information content (AvgIpc) is 2.53. The third-order valence-electron chi connectivity index (χ3n) is 4.07. The normalized spacial score (nSPS) is 23.3. The molecule has 0 aromatic heterocycles. The van der Waals surface area contributed by atoms with Crippen LogP contribution in [0.15, 0.2) is 30.3 Å². The number of carbonyl (C=O) groups excluding carboxylic acids is 1. The highest BCUT2D eigenvalue weighted by molar-refractivity contribution is 5.87. The number of nitrogens with one attached hydrogen (secondary N) is 2. The van der Waals surface area contributed by atoms with Gasteiger partial charge >= 0.3 is 5.97 Å². The number of piperidine rings is 1. The Hall–Kier alpha value is -1.88. The van der Waals surface area contributed by atoms with E-state index in [1.165, 1.54) is 0 Å². The maximum atomic E-state index is 12.3. The van der Waals surface area contributed by atoms with Crippen LogP contribution in [0.1, 0.15) is 37.8 Å². The molecule has 3 N–H and O–H groups in total. The molecule has 1 heterocycles. The Balaban J connectivity index is 2.03. The molecule has 1 aliphatic rings. The van der Waals surface area contributed by atoms with E-state index in [0.29, 0.717) is 11.5 Å². The van der Waals surface area contributed by atoms with E-state index in [4.69, 9.17) is 0 Å². The summed E-state index contributed by atoms with van der Waals surface area (Å²) in [6.07, 6.45) is 2.89. The molecule has 1 aromatic rings. The van der Waals surface area contributed by atoms with Crippen LogP contribution in [0.5, 0.6) is 0 Å². The number of rotatable bonds is 5. The number of carboxylic acid groups (broad SMARTS) is 1. The van der Waals surface area contributed by atoms with E-state index in [0.717, 1.165) is 25.8 Å². The van der Waals surface area contributed by atoms with Gasteiger partial charge in [0.2, 0.25) is 5.91 Å². The highest BCUT2D eigenvalue weighted by atomic mass is 16.4. The summed E-state index contributed by atoms with van der Waals surface area (Å²) < 4.78 is 0. The second kappa shape index (κ2) is 7.22. The standard InChI is InChI=1S/C16H22N2O3/c1-2-11-8-9-17-13(10-11)15(19)18-14(16(20)21)12-6-4-3-5-7-12/h3-7,11,13-14,17H,2,8-10H2,1H3,(H,18,19)(H,20,21)/t11?,13?,14-/m1/s1. The van der Waals surface area contributed by atoms with Gasteiger partial charge in [0.25, 0.3) is 0 Å². The van der Waals surface area contributed by atoms with Gasteiger partial charge < -0.3 is 15.7 Å². The van der Waals surface area contributed by atoms with Gasteiger partial charge in [-0.2, -0.15) is 0 Å². The van der Waals surface area contributed by atoms with Gasteiger partial charge in [-0.3, -0.25) is 4.79 Å². The smallest absolute Gasteiger partial charge is 0.330 e. The lowest BCUT2D eigenvalue weighted by Crippen LogP contribution is -2.50. The van der Waals surface area contributed by atoms with E-state index in [9.17, 15) is 14.7 Å². The van der Waals surface area contributed by atoms with E-state index in [2.05, 4.69) is 17.6 Å². The minimum Gasteiger partial charge on any atom is -0.479 e. The van der Waals surface area contributed by atoms with E-state index < -0.39 is 12.0 Å². The first-order chi connectivity index (χ1) is 10.1. The van der Waals surface area contributed by atoms with E-state index in [-0.39, 0.29) is 11.9 Å². The molecule has 1 saturated heterocycles. The summed E-state index contributed by atoms with van der Waals surface area (Å²) in [6, 6.07) is 7.48. The Morgan fingerprint density at radius 1 is 1.38 bits per heavy atom. The first-order valence-electron chi connectivity index (χ1n) is 7.43. The topological polar surface area (TPSA) is 78.4 Å². The highest BCUT2D eigenvalue weighted by Crippen LogP contribution is 2.20. The lowest BCUT2D eigenvalue weighted by molar-refractivity contribution is -0.142. The van der Waals surface area contributed by atoms with Crippen molar-refractivity contribution in [3.63, 3.8) is 0 Å². The Morgan fingerprint density at radius 2 is 2.10 bits per heavy atom. The van der Waals surface area contributed by atoms with Gasteiger partial charge in [0.05, 0.1) is 6.04 Å². The van der Waals surface area contributed by atoms with Crippen molar-refractivity contribution in [1.82, 2.24) is 10.6 Å². The fourth-order valence-corrected chi connectivity index (χ4v) is 2.74. The first kappa shape index (κ1) is 15.5. The summed E-state index contributed by atoms with van der Waals surface area (Å²) in [6.45, 7) is 2.93. The summed E-state index contributed by atoms with van der Waals surface area (Å²) in [5.41, 5.74) is 0.584. The van der Waals surface area contributed by atoms with Gasteiger partial charge in [-0.15, -0.1) is 0 Å². The monoisotopic (exact) mass is 290 g/mol. The van der Waals surface area contributed by atoms with E-state index >= 15 is 0 Å². The van der Waals surface area contributed by atoms with Gasteiger partial charge in [-0.25, -0.2) is 4.79 Å². The van der Waals surface area contributed by atoms with Crippen molar-refractivity contribution in [2.45, 2.75) is 38.3 Å².